The zero-order valence-electron chi connectivity index (χ0n) is 21.8. The molecule has 3 heterocycles. The molecule has 2 amide bonds. The standard InChI is InChI=1S/C28H31N7O4/c1-38-26-20(19-13-30-35(15-19)14-18-5-2-4-16-10-11-39-25(16)18)6-3-7-21(26)31-22-12-23(32-28(37)17-8-9-17)33-34-24(22)27(29)36/h3,6-7,12-18,25H,2,4-5,8-11H2,1H3,(H3-,29,31,32,33,36,37)/p+1/b35-14-/t16?,18?,25-/m1/s1. The molecule has 4 N–H and O–H groups in total. The maximum atomic E-state index is 12.2. The van der Waals surface area contributed by atoms with Crippen LogP contribution >= 0.6 is 0 Å². The monoisotopic (exact) mass is 530 g/mol. The second kappa shape index (κ2) is 10.6. The molecule has 2 aromatic rings. The van der Waals surface area contributed by atoms with Crippen molar-refractivity contribution in [3.8, 4) is 5.75 Å². The summed E-state index contributed by atoms with van der Waals surface area (Å²) in [7, 11) is 1.58. The topological polar surface area (TPSA) is 144 Å². The first-order valence-electron chi connectivity index (χ1n) is 13.4. The molecule has 1 aromatic heterocycles. The van der Waals surface area contributed by atoms with Crippen molar-refractivity contribution in [3.05, 3.63) is 41.7 Å². The van der Waals surface area contributed by atoms with E-state index in [0.29, 0.717) is 29.0 Å². The van der Waals surface area contributed by atoms with Crippen LogP contribution in [0.3, 0.4) is 0 Å². The summed E-state index contributed by atoms with van der Waals surface area (Å²) in [6.07, 6.45) is 12.7. The molecule has 11 nitrogen and oxygen atoms in total. The number of fused-ring (bicyclic) bond motifs is 1. The Morgan fingerprint density at radius 1 is 1.15 bits per heavy atom. The lowest BCUT2D eigenvalue weighted by Gasteiger charge is -2.28. The molecule has 1 saturated heterocycles. The normalized spacial score (nSPS) is 24.8. The average Bonchev–Trinajstić information content (AvgIpc) is 3.49. The number of carbonyl (C=O) groups is 2. The molecule has 1 aromatic carbocycles. The van der Waals surface area contributed by atoms with E-state index in [2.05, 4.69) is 32.1 Å². The van der Waals surface area contributed by atoms with Crippen molar-refractivity contribution >= 4 is 47.0 Å². The van der Waals surface area contributed by atoms with Crippen LogP contribution < -0.4 is 21.1 Å². The number of amides is 2. The molecule has 4 aliphatic rings. The van der Waals surface area contributed by atoms with Crippen LogP contribution in [0.2, 0.25) is 0 Å². The molecule has 2 aliphatic heterocycles. The second-order valence-electron chi connectivity index (χ2n) is 10.5. The average molecular weight is 531 g/mol. The van der Waals surface area contributed by atoms with E-state index in [1.165, 1.54) is 12.8 Å². The highest BCUT2D eigenvalue weighted by molar-refractivity contribution is 6.12. The third-order valence-electron chi connectivity index (χ3n) is 7.77. The van der Waals surface area contributed by atoms with Gasteiger partial charge in [0, 0.05) is 24.2 Å². The van der Waals surface area contributed by atoms with Gasteiger partial charge in [-0.2, -0.15) is 0 Å². The minimum Gasteiger partial charge on any atom is -0.494 e. The number of hydrazone groups is 1. The van der Waals surface area contributed by atoms with Crippen molar-refractivity contribution in [1.82, 2.24) is 10.2 Å². The van der Waals surface area contributed by atoms with Gasteiger partial charge in [0.2, 0.25) is 12.1 Å². The Hall–Kier alpha value is -4.12. The molecular weight excluding hydrogens is 498 g/mol. The van der Waals surface area contributed by atoms with Crippen LogP contribution in [0.15, 0.2) is 35.6 Å². The number of aromatic nitrogens is 2. The number of allylic oxidation sites excluding steroid dienone is 1. The summed E-state index contributed by atoms with van der Waals surface area (Å²) in [6.45, 7) is 0.847. The summed E-state index contributed by atoms with van der Waals surface area (Å²) < 4.78 is 13.7. The number of para-hydroxylation sites is 1. The maximum Gasteiger partial charge on any atom is 0.271 e. The van der Waals surface area contributed by atoms with Crippen LogP contribution in [0.1, 0.15) is 54.6 Å². The molecule has 6 rings (SSSR count). The molecule has 2 aliphatic carbocycles. The van der Waals surface area contributed by atoms with Crippen molar-refractivity contribution in [2.45, 2.75) is 44.6 Å². The van der Waals surface area contributed by atoms with E-state index in [0.717, 1.165) is 43.4 Å². The highest BCUT2D eigenvalue weighted by atomic mass is 16.5. The van der Waals surface area contributed by atoms with Gasteiger partial charge in [-0.15, -0.1) is 10.2 Å². The van der Waals surface area contributed by atoms with Gasteiger partial charge in [-0.1, -0.05) is 23.2 Å². The zero-order chi connectivity index (χ0) is 26.9. The molecule has 11 heteroatoms. The highest BCUT2D eigenvalue weighted by Gasteiger charge is 2.39. The third kappa shape index (κ3) is 5.26. The minimum atomic E-state index is -0.742. The number of primary amides is 1. The summed E-state index contributed by atoms with van der Waals surface area (Å²) >= 11 is 0. The fraction of sp³-hybridized carbons (Fsp3) is 0.429. The summed E-state index contributed by atoms with van der Waals surface area (Å²) in [5, 5.41) is 18.5. The van der Waals surface area contributed by atoms with Gasteiger partial charge in [0.15, 0.2) is 17.7 Å². The van der Waals surface area contributed by atoms with Crippen molar-refractivity contribution in [3.63, 3.8) is 0 Å². The quantitative estimate of drug-likeness (QED) is 0.444. The van der Waals surface area contributed by atoms with Crippen molar-refractivity contribution in [1.29, 1.82) is 0 Å². The van der Waals surface area contributed by atoms with Crippen LogP contribution in [-0.2, 0) is 9.53 Å². The van der Waals surface area contributed by atoms with E-state index >= 15 is 0 Å². The van der Waals surface area contributed by atoms with Crippen LogP contribution in [0.4, 0.5) is 17.2 Å². The Bertz CT molecular complexity index is 1400. The summed E-state index contributed by atoms with van der Waals surface area (Å²) in [4.78, 5) is 24.3. The van der Waals surface area contributed by atoms with Crippen molar-refractivity contribution in [2.24, 2.45) is 28.6 Å². The number of nitrogens with two attached hydrogens (primary N) is 1. The molecule has 0 bridgehead atoms. The lowest BCUT2D eigenvalue weighted by atomic mass is 9.79. The molecule has 39 heavy (non-hydrogen) atoms. The lowest BCUT2D eigenvalue weighted by molar-refractivity contribution is -0.455. The minimum absolute atomic E-state index is 0.000746. The summed E-state index contributed by atoms with van der Waals surface area (Å²) in [5.74, 6) is 0.932. The maximum absolute atomic E-state index is 12.2. The molecule has 2 unspecified atom stereocenters. The number of nitrogens with one attached hydrogen (secondary N) is 2. The number of methoxy groups -OCH3 is 1. The molecular formula is C28H32N7O4+. The predicted molar refractivity (Wildman–Crippen MR) is 146 cm³/mol. The largest absolute Gasteiger partial charge is 0.494 e. The Balaban J connectivity index is 1.27. The first kappa shape index (κ1) is 25.2. The second-order valence-corrected chi connectivity index (χ2v) is 10.5. The van der Waals surface area contributed by atoms with Gasteiger partial charge < -0.3 is 25.8 Å². The van der Waals surface area contributed by atoms with Gasteiger partial charge in [0.1, 0.15) is 12.0 Å². The Kier molecular flexibility index (Phi) is 6.82. The third-order valence-corrected chi connectivity index (χ3v) is 7.77. The van der Waals surface area contributed by atoms with Gasteiger partial charge in [0.05, 0.1) is 36.1 Å². The van der Waals surface area contributed by atoms with Crippen LogP contribution in [0.5, 0.6) is 5.75 Å². The number of rotatable bonds is 8. The first-order valence-corrected chi connectivity index (χ1v) is 13.4. The molecule has 2 saturated carbocycles. The van der Waals surface area contributed by atoms with E-state index in [4.69, 9.17) is 15.2 Å². The van der Waals surface area contributed by atoms with E-state index in [9.17, 15) is 9.59 Å². The fourth-order valence-corrected chi connectivity index (χ4v) is 5.66. The molecule has 0 radical (unpaired) electrons. The number of benzene rings is 1. The Morgan fingerprint density at radius 3 is 2.82 bits per heavy atom. The number of nitrogens with zero attached hydrogens (tertiary/aromatic N) is 4. The van der Waals surface area contributed by atoms with Crippen LogP contribution in [-0.4, -0.2) is 58.9 Å². The van der Waals surface area contributed by atoms with Gasteiger partial charge in [-0.25, -0.2) is 0 Å². The molecule has 3 atom stereocenters. The highest BCUT2D eigenvalue weighted by Crippen LogP contribution is 2.39. The fourth-order valence-electron chi connectivity index (χ4n) is 5.66. The van der Waals surface area contributed by atoms with E-state index in [-0.39, 0.29) is 29.4 Å². The van der Waals surface area contributed by atoms with Gasteiger partial charge >= 0.3 is 0 Å². The zero-order valence-corrected chi connectivity index (χ0v) is 21.8. The van der Waals surface area contributed by atoms with E-state index in [1.54, 1.807) is 13.2 Å². The number of hydrogen-bond acceptors (Lipinski definition) is 8. The molecule has 202 valence electrons. The lowest BCUT2D eigenvalue weighted by Crippen LogP contribution is -2.33. The Morgan fingerprint density at radius 2 is 2.03 bits per heavy atom. The predicted octanol–water partition coefficient (Wildman–Crippen LogP) is 3.31. The smallest absolute Gasteiger partial charge is 0.271 e. The van der Waals surface area contributed by atoms with Gasteiger partial charge in [0.25, 0.3) is 5.91 Å². The number of hydrogen-bond donors (Lipinski definition) is 3. The first-order chi connectivity index (χ1) is 19.0. The summed E-state index contributed by atoms with van der Waals surface area (Å²) in [5.41, 5.74) is 8.12. The number of ether oxygens (including phenoxy) is 2. The molecule has 3 fully saturated rings. The van der Waals surface area contributed by atoms with E-state index in [1.807, 2.05) is 35.3 Å². The molecule has 0 spiro atoms. The number of anilines is 3. The van der Waals surface area contributed by atoms with Crippen LogP contribution in [0.25, 0.3) is 5.57 Å². The Labute approximate surface area is 226 Å². The van der Waals surface area contributed by atoms with Crippen molar-refractivity contribution in [2.75, 3.05) is 24.4 Å². The SMILES string of the molecule is COc1c(Nc2cc(NC(=O)C3CC3)nnc2C(N)=O)cccc1C1=C/[N+](=C/C2CCCC3CCO[C@@H]23)N=C1. The van der Waals surface area contributed by atoms with Gasteiger partial charge in [-0.3, -0.25) is 9.59 Å². The number of carbonyl (C=O) groups excluding carboxylic acids is 2. The van der Waals surface area contributed by atoms with Crippen LogP contribution in [0, 0.1) is 17.8 Å². The van der Waals surface area contributed by atoms with E-state index < -0.39 is 5.91 Å². The van der Waals surface area contributed by atoms with Crippen molar-refractivity contribution < 1.29 is 23.7 Å². The summed E-state index contributed by atoms with van der Waals surface area (Å²) in [6, 6.07) is 7.21. The van der Waals surface area contributed by atoms with Gasteiger partial charge in [-0.05, 0) is 49.2 Å².